The van der Waals surface area contributed by atoms with Crippen LogP contribution in [0.2, 0.25) is 0 Å². The van der Waals surface area contributed by atoms with Crippen LogP contribution in [0.5, 0.6) is 0 Å². The van der Waals surface area contributed by atoms with Crippen LogP contribution in [0, 0.1) is 19.8 Å². The van der Waals surface area contributed by atoms with Crippen molar-refractivity contribution in [2.75, 3.05) is 26.2 Å². The van der Waals surface area contributed by atoms with Gasteiger partial charge in [0.15, 0.2) is 0 Å². The molecule has 150 valence electrons. The predicted molar refractivity (Wildman–Crippen MR) is 104 cm³/mol. The average Bonchev–Trinajstić information content (AvgIpc) is 3.28. The Labute approximate surface area is 161 Å². The zero-order valence-electron chi connectivity index (χ0n) is 17.0. The van der Waals surface area contributed by atoms with Gasteiger partial charge in [-0.1, -0.05) is 0 Å². The van der Waals surface area contributed by atoms with Crippen molar-refractivity contribution in [3.05, 3.63) is 17.0 Å². The third kappa shape index (κ3) is 4.34. The van der Waals surface area contributed by atoms with Crippen LogP contribution in [0.4, 0.5) is 0 Å². The first-order chi connectivity index (χ1) is 12.9. The van der Waals surface area contributed by atoms with Crippen molar-refractivity contribution in [2.24, 2.45) is 13.0 Å². The van der Waals surface area contributed by atoms with Crippen molar-refractivity contribution < 1.29 is 9.59 Å². The molecule has 3 atom stereocenters. The van der Waals surface area contributed by atoms with Gasteiger partial charge in [-0.2, -0.15) is 5.10 Å². The van der Waals surface area contributed by atoms with Crippen molar-refractivity contribution in [2.45, 2.75) is 58.4 Å². The first kappa shape index (κ1) is 19.9. The molecule has 2 amide bonds. The van der Waals surface area contributed by atoms with E-state index in [2.05, 4.69) is 15.7 Å². The second-order valence-electron chi connectivity index (χ2n) is 8.12. The van der Waals surface area contributed by atoms with Crippen LogP contribution < -0.4 is 10.6 Å². The van der Waals surface area contributed by atoms with Crippen LogP contribution in [0.3, 0.4) is 0 Å². The summed E-state index contributed by atoms with van der Waals surface area (Å²) in [6.45, 7) is 9.07. The van der Waals surface area contributed by atoms with Crippen LogP contribution >= 0.6 is 0 Å². The summed E-state index contributed by atoms with van der Waals surface area (Å²) in [5, 5.41) is 10.8. The molecule has 0 spiro atoms. The number of carbonyl (C=O) groups excluding carboxylic acids is 2. The number of nitrogens with zero attached hydrogens (tertiary/aromatic N) is 3. The molecule has 0 aromatic carbocycles. The topological polar surface area (TPSA) is 79.3 Å². The molecule has 0 saturated carbocycles. The van der Waals surface area contributed by atoms with Gasteiger partial charge in [0, 0.05) is 37.9 Å². The maximum atomic E-state index is 13.1. The van der Waals surface area contributed by atoms with Crippen molar-refractivity contribution in [3.63, 3.8) is 0 Å². The lowest BCUT2D eigenvalue weighted by Gasteiger charge is -2.34. The minimum absolute atomic E-state index is 0.0390. The molecule has 2 N–H and O–H groups in total. The van der Waals surface area contributed by atoms with Gasteiger partial charge in [-0.25, -0.2) is 0 Å². The van der Waals surface area contributed by atoms with Crippen LogP contribution in [-0.2, 0) is 16.6 Å². The van der Waals surface area contributed by atoms with Gasteiger partial charge in [0.1, 0.15) is 0 Å². The minimum Gasteiger partial charge on any atom is -0.354 e. The highest BCUT2D eigenvalue weighted by atomic mass is 16.2. The number of piperidine rings is 1. The van der Waals surface area contributed by atoms with Crippen LogP contribution in [0.25, 0.3) is 0 Å². The van der Waals surface area contributed by atoms with Gasteiger partial charge in [-0.3, -0.25) is 14.3 Å². The Balaban J connectivity index is 1.56. The molecular weight excluding hydrogens is 342 g/mol. The van der Waals surface area contributed by atoms with Crippen LogP contribution in [0.15, 0.2) is 0 Å². The number of aromatic nitrogens is 2. The highest BCUT2D eigenvalue weighted by molar-refractivity contribution is 5.84. The molecule has 7 nitrogen and oxygen atoms in total. The van der Waals surface area contributed by atoms with Crippen LogP contribution in [-0.4, -0.2) is 58.7 Å². The molecule has 2 aliphatic rings. The predicted octanol–water partition coefficient (Wildman–Crippen LogP) is 1.25. The van der Waals surface area contributed by atoms with E-state index in [9.17, 15) is 9.59 Å². The SMILES string of the molecule is Cc1nn(C)c(C)c1C(C)C(=O)N1CCCC(CNC(=O)C2CCCN2)C1. The second kappa shape index (κ2) is 8.42. The lowest BCUT2D eigenvalue weighted by Crippen LogP contribution is -2.47. The fourth-order valence-electron chi connectivity index (χ4n) is 4.52. The second-order valence-corrected chi connectivity index (χ2v) is 8.12. The summed E-state index contributed by atoms with van der Waals surface area (Å²) < 4.78 is 1.85. The van der Waals surface area contributed by atoms with Gasteiger partial charge in [0.05, 0.1) is 17.7 Å². The molecule has 3 unspecified atom stereocenters. The fraction of sp³-hybridized carbons (Fsp3) is 0.750. The lowest BCUT2D eigenvalue weighted by atomic mass is 9.93. The first-order valence-electron chi connectivity index (χ1n) is 10.2. The van der Waals surface area contributed by atoms with Crippen molar-refractivity contribution in [1.82, 2.24) is 25.3 Å². The van der Waals surface area contributed by atoms with E-state index in [1.165, 1.54) is 0 Å². The van der Waals surface area contributed by atoms with E-state index in [0.29, 0.717) is 12.5 Å². The lowest BCUT2D eigenvalue weighted by molar-refractivity contribution is -0.134. The molecule has 27 heavy (non-hydrogen) atoms. The van der Waals surface area contributed by atoms with Crippen molar-refractivity contribution in [3.8, 4) is 0 Å². The van der Waals surface area contributed by atoms with Gasteiger partial charge >= 0.3 is 0 Å². The van der Waals surface area contributed by atoms with E-state index >= 15 is 0 Å². The summed E-state index contributed by atoms with van der Waals surface area (Å²) in [6.07, 6.45) is 4.03. The average molecular weight is 376 g/mol. The standard InChI is InChI=1S/C20H33N5O2/c1-13(18-14(2)23-24(4)15(18)3)20(27)25-10-6-7-16(12-25)11-22-19(26)17-8-5-9-21-17/h13,16-17,21H,5-12H2,1-4H3,(H,22,26). The molecule has 0 radical (unpaired) electrons. The Morgan fingerprint density at radius 2 is 2.07 bits per heavy atom. The van der Waals surface area contributed by atoms with Gasteiger partial charge in [-0.15, -0.1) is 0 Å². The van der Waals surface area contributed by atoms with E-state index in [0.717, 1.165) is 62.3 Å². The Kier molecular flexibility index (Phi) is 6.19. The molecule has 0 bridgehead atoms. The van der Waals surface area contributed by atoms with Gasteiger partial charge in [0.25, 0.3) is 0 Å². The van der Waals surface area contributed by atoms with E-state index in [1.54, 1.807) is 0 Å². The van der Waals surface area contributed by atoms with Gasteiger partial charge in [0.2, 0.25) is 11.8 Å². The van der Waals surface area contributed by atoms with E-state index in [-0.39, 0.29) is 23.8 Å². The van der Waals surface area contributed by atoms with Crippen molar-refractivity contribution in [1.29, 1.82) is 0 Å². The Morgan fingerprint density at radius 1 is 1.30 bits per heavy atom. The van der Waals surface area contributed by atoms with E-state index < -0.39 is 0 Å². The molecule has 2 saturated heterocycles. The molecule has 3 rings (SSSR count). The molecule has 3 heterocycles. The summed E-state index contributed by atoms with van der Waals surface area (Å²) in [4.78, 5) is 27.3. The Bertz CT molecular complexity index is 693. The number of amides is 2. The highest BCUT2D eigenvalue weighted by Crippen LogP contribution is 2.27. The number of nitrogens with one attached hydrogen (secondary N) is 2. The molecule has 2 aliphatic heterocycles. The zero-order chi connectivity index (χ0) is 19.6. The summed E-state index contributed by atoms with van der Waals surface area (Å²) in [5.74, 6) is 0.416. The minimum atomic E-state index is -0.185. The summed E-state index contributed by atoms with van der Waals surface area (Å²) >= 11 is 0. The quantitative estimate of drug-likeness (QED) is 0.812. The summed E-state index contributed by atoms with van der Waals surface area (Å²) in [6, 6.07) is -0.0390. The van der Waals surface area contributed by atoms with Gasteiger partial charge < -0.3 is 15.5 Å². The van der Waals surface area contributed by atoms with E-state index in [1.807, 2.05) is 37.4 Å². The highest BCUT2D eigenvalue weighted by Gasteiger charge is 2.31. The number of aryl methyl sites for hydroxylation is 2. The number of carbonyl (C=O) groups is 2. The monoisotopic (exact) mass is 375 g/mol. The zero-order valence-corrected chi connectivity index (χ0v) is 17.0. The normalized spacial score (nSPS) is 24.1. The fourth-order valence-corrected chi connectivity index (χ4v) is 4.52. The third-order valence-corrected chi connectivity index (χ3v) is 6.14. The number of likely N-dealkylation sites (tertiary alicyclic amines) is 1. The molecule has 1 aromatic rings. The van der Waals surface area contributed by atoms with Crippen LogP contribution in [0.1, 0.15) is 55.5 Å². The molecular formula is C20H33N5O2. The summed E-state index contributed by atoms with van der Waals surface area (Å²) in [5.41, 5.74) is 3.03. The largest absolute Gasteiger partial charge is 0.354 e. The Morgan fingerprint density at radius 3 is 2.70 bits per heavy atom. The first-order valence-corrected chi connectivity index (χ1v) is 10.2. The van der Waals surface area contributed by atoms with Gasteiger partial charge in [-0.05, 0) is 58.9 Å². The molecule has 2 fully saturated rings. The maximum Gasteiger partial charge on any atom is 0.237 e. The maximum absolute atomic E-state index is 13.1. The Hall–Kier alpha value is -1.89. The number of rotatable bonds is 5. The van der Waals surface area contributed by atoms with Crippen molar-refractivity contribution >= 4 is 11.8 Å². The summed E-state index contributed by atoms with van der Waals surface area (Å²) in [7, 11) is 1.92. The molecule has 7 heteroatoms. The third-order valence-electron chi connectivity index (χ3n) is 6.14. The number of hydrogen-bond donors (Lipinski definition) is 2. The smallest absolute Gasteiger partial charge is 0.237 e. The molecule has 0 aliphatic carbocycles. The number of hydrogen-bond acceptors (Lipinski definition) is 4. The molecule has 1 aromatic heterocycles. The van der Waals surface area contributed by atoms with E-state index in [4.69, 9.17) is 0 Å².